The second-order valence-corrected chi connectivity index (χ2v) is 11.4. The number of para-hydroxylation sites is 1. The van der Waals surface area contributed by atoms with Crippen LogP contribution in [-0.2, 0) is 33.0 Å². The van der Waals surface area contributed by atoms with Crippen LogP contribution < -0.4 is 8.49 Å². The molecule has 2 aromatic carbocycles. The van der Waals surface area contributed by atoms with Gasteiger partial charge in [-0.1, -0.05) is 51.3 Å². The summed E-state index contributed by atoms with van der Waals surface area (Å²) in [7, 11) is -9.90. The van der Waals surface area contributed by atoms with Crippen molar-refractivity contribution in [3.05, 3.63) is 53.6 Å². The number of alkyl halides is 3. The molecule has 0 atom stereocenters. The first-order valence-electron chi connectivity index (χ1n) is 11.0. The van der Waals surface area contributed by atoms with Crippen LogP contribution in [0.4, 0.5) is 24.5 Å². The number of hydrogen-bond donors (Lipinski definition) is 0. The Morgan fingerprint density at radius 3 is 2.03 bits per heavy atom. The second kappa shape index (κ2) is 11.4. The molecule has 0 aliphatic carbocycles. The molecule has 11 heteroatoms. The van der Waals surface area contributed by atoms with Crippen LogP contribution in [0, 0.1) is 0 Å². The van der Waals surface area contributed by atoms with Crippen molar-refractivity contribution in [3.8, 4) is 5.75 Å². The third-order valence-electron chi connectivity index (χ3n) is 5.12. The number of anilines is 2. The van der Waals surface area contributed by atoms with E-state index in [9.17, 15) is 30.0 Å². The number of hydrogen-bond acceptors (Lipinski definition) is 5. The fraction of sp³-hybridized carbons (Fsp3) is 0.478. The van der Waals surface area contributed by atoms with E-state index in [4.69, 9.17) is 0 Å². The van der Waals surface area contributed by atoms with E-state index in [0.717, 1.165) is 23.4 Å². The first-order chi connectivity index (χ1) is 15.8. The average molecular weight is 522 g/mol. The molecular weight excluding hydrogens is 491 g/mol. The highest BCUT2D eigenvalue weighted by molar-refractivity contribution is 7.92. The lowest BCUT2D eigenvalue weighted by molar-refractivity contribution is -0.0500. The highest BCUT2D eigenvalue weighted by Crippen LogP contribution is 2.40. The molecular formula is C23H30F3NO5S2. The minimum Gasteiger partial charge on any atom is -0.376 e. The van der Waals surface area contributed by atoms with E-state index < -0.39 is 31.4 Å². The fourth-order valence-corrected chi connectivity index (χ4v) is 5.01. The van der Waals surface area contributed by atoms with Crippen molar-refractivity contribution in [3.63, 3.8) is 0 Å². The van der Waals surface area contributed by atoms with Crippen LogP contribution in [0.25, 0.3) is 0 Å². The topological polar surface area (TPSA) is 80.8 Å². The van der Waals surface area contributed by atoms with Crippen molar-refractivity contribution in [1.82, 2.24) is 0 Å². The zero-order valence-electron chi connectivity index (χ0n) is 19.4. The monoisotopic (exact) mass is 521 g/mol. The molecule has 0 unspecified atom stereocenters. The van der Waals surface area contributed by atoms with Gasteiger partial charge in [0, 0.05) is 5.56 Å². The van der Waals surface area contributed by atoms with Gasteiger partial charge in [-0.15, -0.1) is 0 Å². The number of sulfonamides is 1. The van der Waals surface area contributed by atoms with Crippen molar-refractivity contribution in [1.29, 1.82) is 0 Å². The summed E-state index contributed by atoms with van der Waals surface area (Å²) in [5.41, 5.74) is -4.68. The van der Waals surface area contributed by atoms with Crippen LogP contribution in [0.2, 0.25) is 0 Å². The Kier molecular flexibility index (Phi) is 9.41. The van der Waals surface area contributed by atoms with Gasteiger partial charge in [-0.05, 0) is 55.5 Å². The van der Waals surface area contributed by atoms with Crippen LogP contribution >= 0.6 is 0 Å². The van der Waals surface area contributed by atoms with Gasteiger partial charge in [-0.2, -0.15) is 21.6 Å². The summed E-state index contributed by atoms with van der Waals surface area (Å²) in [4.78, 5) is 0. The minimum absolute atomic E-state index is 0.0887. The largest absolute Gasteiger partial charge is 0.534 e. The molecule has 0 fully saturated rings. The number of benzene rings is 2. The standard InChI is InChI=1S/C23H30F3NO5S2/c1-4-6-9-15-20-21(27(33(3,28)29)19-13-10-8-11-14-19)16-18(12-7-5-2)17-22(20)32-34(30,31)23(24,25)26/h8,10-11,13-14,16-17H,4-7,9,12,15H2,1-3H3. The predicted molar refractivity (Wildman–Crippen MR) is 127 cm³/mol. The van der Waals surface area contributed by atoms with E-state index in [1.807, 2.05) is 13.8 Å². The summed E-state index contributed by atoms with van der Waals surface area (Å²) in [6.45, 7) is 3.87. The molecule has 2 aromatic rings. The van der Waals surface area contributed by atoms with Gasteiger partial charge in [-0.3, -0.25) is 0 Å². The molecule has 0 N–H and O–H groups in total. The van der Waals surface area contributed by atoms with Crippen molar-refractivity contribution in [2.24, 2.45) is 0 Å². The van der Waals surface area contributed by atoms with E-state index in [1.165, 1.54) is 6.07 Å². The predicted octanol–water partition coefficient (Wildman–Crippen LogP) is 6.09. The molecule has 0 aromatic heterocycles. The average Bonchev–Trinajstić information content (AvgIpc) is 2.73. The Morgan fingerprint density at radius 2 is 1.50 bits per heavy atom. The van der Waals surface area contributed by atoms with Gasteiger partial charge >= 0.3 is 15.6 Å². The third-order valence-corrected chi connectivity index (χ3v) is 7.16. The van der Waals surface area contributed by atoms with Crippen molar-refractivity contribution >= 4 is 31.5 Å². The van der Waals surface area contributed by atoms with Crippen LogP contribution in [-0.4, -0.2) is 28.6 Å². The van der Waals surface area contributed by atoms with Gasteiger partial charge in [0.15, 0.2) is 0 Å². The van der Waals surface area contributed by atoms with E-state index in [1.54, 1.807) is 36.4 Å². The molecule has 6 nitrogen and oxygen atoms in total. The molecule has 0 amide bonds. The molecule has 2 rings (SSSR count). The Morgan fingerprint density at radius 1 is 0.882 bits per heavy atom. The number of rotatable bonds is 12. The van der Waals surface area contributed by atoms with Gasteiger partial charge in [0.1, 0.15) is 5.75 Å². The molecule has 0 spiro atoms. The molecule has 0 saturated heterocycles. The maximum Gasteiger partial charge on any atom is 0.534 e. The number of nitrogens with zero attached hydrogens (tertiary/aromatic N) is 1. The summed E-state index contributed by atoms with van der Waals surface area (Å²) >= 11 is 0. The molecule has 0 radical (unpaired) electrons. The molecule has 0 saturated carbocycles. The van der Waals surface area contributed by atoms with E-state index in [0.29, 0.717) is 31.2 Å². The SMILES string of the molecule is CCCCCc1c(OS(=O)(=O)C(F)(F)F)cc(CCCC)cc1N(c1ccccc1)S(C)(=O)=O. The lowest BCUT2D eigenvalue weighted by Crippen LogP contribution is -2.29. The summed E-state index contributed by atoms with van der Waals surface area (Å²) in [5.74, 6) is -0.499. The number of aryl methyl sites for hydroxylation is 1. The number of halogens is 3. The van der Waals surface area contributed by atoms with Crippen molar-refractivity contribution < 1.29 is 34.2 Å². The summed E-state index contributed by atoms with van der Waals surface area (Å²) in [6, 6.07) is 11.0. The maximum atomic E-state index is 13.2. The Bertz CT molecular complexity index is 1170. The lowest BCUT2D eigenvalue weighted by atomic mass is 9.99. The van der Waals surface area contributed by atoms with E-state index in [2.05, 4.69) is 4.18 Å². The molecule has 0 bridgehead atoms. The number of unbranched alkanes of at least 4 members (excludes halogenated alkanes) is 3. The quantitative estimate of drug-likeness (QED) is 0.192. The minimum atomic E-state index is -5.95. The summed E-state index contributed by atoms with van der Waals surface area (Å²) < 4.78 is 94.7. The van der Waals surface area contributed by atoms with Crippen LogP contribution in [0.5, 0.6) is 5.75 Å². The Hall–Kier alpha value is -2.27. The van der Waals surface area contributed by atoms with Crippen LogP contribution in [0.3, 0.4) is 0 Å². The molecule has 190 valence electrons. The van der Waals surface area contributed by atoms with Crippen molar-refractivity contribution in [2.75, 3.05) is 10.6 Å². The molecule has 0 heterocycles. The van der Waals surface area contributed by atoms with Crippen LogP contribution in [0.15, 0.2) is 42.5 Å². The summed E-state index contributed by atoms with van der Waals surface area (Å²) in [6.07, 6.45) is 5.01. The zero-order chi connectivity index (χ0) is 25.6. The van der Waals surface area contributed by atoms with Gasteiger partial charge < -0.3 is 4.18 Å². The third kappa shape index (κ3) is 7.11. The smallest absolute Gasteiger partial charge is 0.376 e. The zero-order valence-corrected chi connectivity index (χ0v) is 21.1. The Labute approximate surface area is 199 Å². The highest BCUT2D eigenvalue weighted by Gasteiger charge is 2.49. The molecule has 0 aliphatic rings. The summed E-state index contributed by atoms with van der Waals surface area (Å²) in [5, 5.41) is 0. The Balaban J connectivity index is 2.84. The van der Waals surface area contributed by atoms with Gasteiger partial charge in [0.25, 0.3) is 0 Å². The first kappa shape index (κ1) is 28.0. The highest BCUT2D eigenvalue weighted by atomic mass is 32.2. The van der Waals surface area contributed by atoms with E-state index in [-0.39, 0.29) is 23.4 Å². The van der Waals surface area contributed by atoms with Crippen molar-refractivity contribution in [2.45, 2.75) is 64.3 Å². The maximum absolute atomic E-state index is 13.2. The van der Waals surface area contributed by atoms with Gasteiger partial charge in [0.05, 0.1) is 17.6 Å². The van der Waals surface area contributed by atoms with Gasteiger partial charge in [0.2, 0.25) is 10.0 Å². The van der Waals surface area contributed by atoms with E-state index >= 15 is 0 Å². The molecule has 34 heavy (non-hydrogen) atoms. The van der Waals surface area contributed by atoms with Crippen LogP contribution in [0.1, 0.15) is 57.1 Å². The van der Waals surface area contributed by atoms with Gasteiger partial charge in [-0.25, -0.2) is 12.7 Å². The lowest BCUT2D eigenvalue weighted by Gasteiger charge is -2.27. The first-order valence-corrected chi connectivity index (χ1v) is 14.3. The molecule has 0 aliphatic heterocycles. The second-order valence-electron chi connectivity index (χ2n) is 8.00. The fourth-order valence-electron chi connectivity index (χ4n) is 3.51. The normalized spacial score (nSPS) is 12.5.